The smallest absolute Gasteiger partial charge is 0.123 e. The monoisotopic (exact) mass is 293 g/mol. The van der Waals surface area contributed by atoms with Crippen molar-refractivity contribution in [1.82, 2.24) is 5.32 Å². The summed E-state index contributed by atoms with van der Waals surface area (Å²) in [5.41, 5.74) is 1.16. The minimum absolute atomic E-state index is 0.229. The van der Waals surface area contributed by atoms with Gasteiger partial charge < -0.3 is 19.5 Å². The molecule has 1 heterocycles. The van der Waals surface area contributed by atoms with E-state index >= 15 is 0 Å². The maximum absolute atomic E-state index is 5.88. The van der Waals surface area contributed by atoms with Crippen molar-refractivity contribution in [3.05, 3.63) is 23.8 Å². The summed E-state index contributed by atoms with van der Waals surface area (Å²) in [6, 6.07) is 6.23. The van der Waals surface area contributed by atoms with Gasteiger partial charge in [0, 0.05) is 24.1 Å². The molecule has 1 fully saturated rings. The lowest BCUT2D eigenvalue weighted by Gasteiger charge is -2.29. The minimum atomic E-state index is 0.229. The normalized spacial score (nSPS) is 23.0. The number of ether oxygens (including phenoxy) is 3. The van der Waals surface area contributed by atoms with Gasteiger partial charge in [-0.3, -0.25) is 0 Å². The Hall–Kier alpha value is -1.26. The van der Waals surface area contributed by atoms with Crippen LogP contribution in [-0.2, 0) is 4.74 Å². The largest absolute Gasteiger partial charge is 0.497 e. The zero-order valence-electron chi connectivity index (χ0n) is 13.5. The number of methoxy groups -OCH3 is 2. The zero-order valence-corrected chi connectivity index (χ0v) is 13.5. The minimum Gasteiger partial charge on any atom is -0.497 e. The van der Waals surface area contributed by atoms with Crippen LogP contribution in [0.25, 0.3) is 0 Å². The van der Waals surface area contributed by atoms with Crippen molar-refractivity contribution in [2.75, 3.05) is 27.4 Å². The van der Waals surface area contributed by atoms with E-state index in [2.05, 4.69) is 25.2 Å². The Labute approximate surface area is 127 Å². The van der Waals surface area contributed by atoms with Crippen molar-refractivity contribution in [2.24, 2.45) is 5.92 Å². The van der Waals surface area contributed by atoms with E-state index in [9.17, 15) is 0 Å². The van der Waals surface area contributed by atoms with Gasteiger partial charge in [-0.1, -0.05) is 13.8 Å². The maximum atomic E-state index is 5.88. The van der Waals surface area contributed by atoms with Gasteiger partial charge in [0.25, 0.3) is 0 Å². The number of benzene rings is 1. The molecule has 1 aliphatic rings. The van der Waals surface area contributed by atoms with Crippen LogP contribution in [0, 0.1) is 5.92 Å². The van der Waals surface area contributed by atoms with Crippen LogP contribution < -0.4 is 14.8 Å². The number of hydrogen-bond acceptors (Lipinski definition) is 4. The van der Waals surface area contributed by atoms with E-state index in [0.29, 0.717) is 12.0 Å². The van der Waals surface area contributed by atoms with E-state index < -0.39 is 0 Å². The van der Waals surface area contributed by atoms with Crippen molar-refractivity contribution in [3.8, 4) is 11.5 Å². The molecule has 0 saturated carbocycles. The van der Waals surface area contributed by atoms with Gasteiger partial charge in [-0.2, -0.15) is 0 Å². The van der Waals surface area contributed by atoms with Crippen LogP contribution in [0.5, 0.6) is 11.5 Å². The molecule has 2 rings (SSSR count). The van der Waals surface area contributed by atoms with Crippen LogP contribution in [0.3, 0.4) is 0 Å². The third kappa shape index (κ3) is 3.50. The van der Waals surface area contributed by atoms with Gasteiger partial charge in [-0.25, -0.2) is 0 Å². The Morgan fingerprint density at radius 3 is 2.71 bits per heavy atom. The predicted octanol–water partition coefficient (Wildman–Crippen LogP) is 3.17. The summed E-state index contributed by atoms with van der Waals surface area (Å²) in [7, 11) is 3.41. The quantitative estimate of drug-likeness (QED) is 0.838. The molecule has 0 bridgehead atoms. The molecule has 1 aromatic carbocycles. The first kappa shape index (κ1) is 16.1. The summed E-state index contributed by atoms with van der Waals surface area (Å²) in [6.45, 7) is 6.08. The maximum Gasteiger partial charge on any atom is 0.123 e. The van der Waals surface area contributed by atoms with Crippen molar-refractivity contribution in [3.63, 3.8) is 0 Å². The summed E-state index contributed by atoms with van der Waals surface area (Å²) in [4.78, 5) is 0. The highest BCUT2D eigenvalue weighted by Gasteiger charge is 2.35. The van der Waals surface area contributed by atoms with Gasteiger partial charge in [0.2, 0.25) is 0 Å². The van der Waals surface area contributed by atoms with Crippen LogP contribution >= 0.6 is 0 Å². The third-order valence-electron chi connectivity index (χ3n) is 4.29. The molecule has 118 valence electrons. The SMILES string of the molecule is CCNC(c1cc(OC)ccc1OC)C1CCOC1CC. The molecule has 3 atom stereocenters. The highest BCUT2D eigenvalue weighted by molar-refractivity contribution is 5.42. The van der Waals surface area contributed by atoms with E-state index in [0.717, 1.165) is 43.1 Å². The van der Waals surface area contributed by atoms with Gasteiger partial charge in [-0.15, -0.1) is 0 Å². The second-order valence-electron chi connectivity index (χ2n) is 5.41. The highest BCUT2D eigenvalue weighted by Crippen LogP contribution is 2.39. The molecule has 3 unspecified atom stereocenters. The molecule has 4 heteroatoms. The predicted molar refractivity (Wildman–Crippen MR) is 84.1 cm³/mol. The first-order valence-corrected chi connectivity index (χ1v) is 7.82. The van der Waals surface area contributed by atoms with E-state index in [4.69, 9.17) is 14.2 Å². The Bertz CT molecular complexity index is 450. The van der Waals surface area contributed by atoms with Crippen LogP contribution in [0.1, 0.15) is 38.3 Å². The molecule has 21 heavy (non-hydrogen) atoms. The summed E-state index contributed by atoms with van der Waals surface area (Å²) < 4.78 is 16.8. The van der Waals surface area contributed by atoms with E-state index in [1.165, 1.54) is 0 Å². The topological polar surface area (TPSA) is 39.7 Å². The first-order valence-electron chi connectivity index (χ1n) is 7.82. The van der Waals surface area contributed by atoms with Gasteiger partial charge in [0.15, 0.2) is 0 Å². The Morgan fingerprint density at radius 1 is 1.29 bits per heavy atom. The van der Waals surface area contributed by atoms with Crippen molar-refractivity contribution in [1.29, 1.82) is 0 Å². The molecule has 4 nitrogen and oxygen atoms in total. The fourth-order valence-corrected chi connectivity index (χ4v) is 3.26. The lowest BCUT2D eigenvalue weighted by Crippen LogP contribution is -2.33. The van der Waals surface area contributed by atoms with Crippen molar-refractivity contribution >= 4 is 0 Å². The number of rotatable bonds is 7. The number of hydrogen-bond donors (Lipinski definition) is 1. The fourth-order valence-electron chi connectivity index (χ4n) is 3.26. The summed E-state index contributed by atoms with van der Waals surface area (Å²) in [6.07, 6.45) is 2.43. The number of nitrogens with one attached hydrogen (secondary N) is 1. The summed E-state index contributed by atoms with van der Waals surface area (Å²) in [5.74, 6) is 2.24. The standard InChI is InChI=1S/C17H27NO3/c1-5-15-13(9-10-21-15)17(18-6-2)14-11-12(19-3)7-8-16(14)20-4/h7-8,11,13,15,17-18H,5-6,9-10H2,1-4H3. The lowest BCUT2D eigenvalue weighted by atomic mass is 9.86. The van der Waals surface area contributed by atoms with Crippen LogP contribution in [-0.4, -0.2) is 33.5 Å². The average Bonchev–Trinajstić information content (AvgIpc) is 3.00. The second-order valence-corrected chi connectivity index (χ2v) is 5.41. The van der Waals surface area contributed by atoms with E-state index in [-0.39, 0.29) is 6.04 Å². The molecule has 0 amide bonds. The first-order chi connectivity index (χ1) is 10.2. The van der Waals surface area contributed by atoms with Gasteiger partial charge in [0.05, 0.1) is 20.3 Å². The van der Waals surface area contributed by atoms with Crippen LogP contribution in [0.4, 0.5) is 0 Å². The molecule has 1 aromatic rings. The van der Waals surface area contributed by atoms with Gasteiger partial charge in [-0.05, 0) is 37.6 Å². The third-order valence-corrected chi connectivity index (χ3v) is 4.29. The lowest BCUT2D eigenvalue weighted by molar-refractivity contribution is 0.0773. The Balaban J connectivity index is 2.36. The van der Waals surface area contributed by atoms with Crippen molar-refractivity contribution < 1.29 is 14.2 Å². The molecule has 0 spiro atoms. The van der Waals surface area contributed by atoms with E-state index in [1.807, 2.05) is 12.1 Å². The fraction of sp³-hybridized carbons (Fsp3) is 0.647. The highest BCUT2D eigenvalue weighted by atomic mass is 16.5. The van der Waals surface area contributed by atoms with Crippen LogP contribution in [0.15, 0.2) is 18.2 Å². The molecular weight excluding hydrogens is 266 g/mol. The molecular formula is C17H27NO3. The van der Waals surface area contributed by atoms with Gasteiger partial charge in [0.1, 0.15) is 11.5 Å². The summed E-state index contributed by atoms with van der Waals surface area (Å²) in [5, 5.41) is 3.62. The second kappa shape index (κ2) is 7.66. The molecule has 1 saturated heterocycles. The van der Waals surface area contributed by atoms with E-state index in [1.54, 1.807) is 14.2 Å². The molecule has 1 aliphatic heterocycles. The average molecular weight is 293 g/mol. The van der Waals surface area contributed by atoms with Crippen molar-refractivity contribution in [2.45, 2.75) is 38.8 Å². The molecule has 0 aliphatic carbocycles. The summed E-state index contributed by atoms with van der Waals surface area (Å²) >= 11 is 0. The Morgan fingerprint density at radius 2 is 2.10 bits per heavy atom. The molecule has 1 N–H and O–H groups in total. The Kier molecular flexibility index (Phi) is 5.88. The molecule has 0 radical (unpaired) electrons. The molecule has 0 aromatic heterocycles. The van der Waals surface area contributed by atoms with Gasteiger partial charge >= 0.3 is 0 Å². The van der Waals surface area contributed by atoms with Crippen LogP contribution in [0.2, 0.25) is 0 Å². The zero-order chi connectivity index (χ0) is 15.2.